The molecule has 1 amide bonds. The molecule has 0 bridgehead atoms. The van der Waals surface area contributed by atoms with Crippen LogP contribution < -0.4 is 14.4 Å². The summed E-state index contributed by atoms with van der Waals surface area (Å²) in [5, 5.41) is 3.56. The van der Waals surface area contributed by atoms with Gasteiger partial charge in [-0.05, 0) is 37.6 Å². The maximum Gasteiger partial charge on any atom is 0.232 e. The summed E-state index contributed by atoms with van der Waals surface area (Å²) in [6.07, 6.45) is 1.57. The molecule has 9 heteroatoms. The summed E-state index contributed by atoms with van der Waals surface area (Å²) in [6.45, 7) is 1.97. The number of amides is 1. The molecule has 2 aromatic rings. The van der Waals surface area contributed by atoms with E-state index in [9.17, 15) is 13.2 Å². The molecule has 0 aliphatic carbocycles. The van der Waals surface area contributed by atoms with Crippen molar-refractivity contribution < 1.29 is 17.9 Å². The van der Waals surface area contributed by atoms with Gasteiger partial charge in [-0.25, -0.2) is 8.42 Å². The number of anilines is 1. The number of rotatable bonds is 9. The lowest BCUT2D eigenvalue weighted by atomic mass is 10.1. The second-order valence-corrected chi connectivity index (χ2v) is 9.32. The van der Waals surface area contributed by atoms with E-state index in [1.54, 1.807) is 19.2 Å². The van der Waals surface area contributed by atoms with E-state index < -0.39 is 10.0 Å². The van der Waals surface area contributed by atoms with E-state index >= 15 is 0 Å². The minimum Gasteiger partial charge on any atom is -0.496 e. The minimum atomic E-state index is -3.59. The van der Waals surface area contributed by atoms with Crippen LogP contribution in [-0.2, 0) is 14.8 Å². The van der Waals surface area contributed by atoms with Crippen molar-refractivity contribution in [1.29, 1.82) is 0 Å². The van der Waals surface area contributed by atoms with Gasteiger partial charge >= 0.3 is 0 Å². The van der Waals surface area contributed by atoms with E-state index in [1.807, 2.05) is 31.2 Å². The number of nitrogens with zero attached hydrogens (tertiary/aromatic N) is 1. The predicted molar refractivity (Wildman–Crippen MR) is 117 cm³/mol. The normalized spacial score (nSPS) is 12.3. The molecular formula is C20H24Cl2N2O4S. The zero-order valence-corrected chi connectivity index (χ0v) is 18.8. The first kappa shape index (κ1) is 23.3. The highest BCUT2D eigenvalue weighted by Crippen LogP contribution is 2.31. The van der Waals surface area contributed by atoms with Crippen LogP contribution in [0.15, 0.2) is 42.5 Å². The molecule has 0 unspecified atom stereocenters. The Morgan fingerprint density at radius 3 is 2.55 bits per heavy atom. The fraction of sp³-hybridized carbons (Fsp3) is 0.350. The summed E-state index contributed by atoms with van der Waals surface area (Å²) < 4.78 is 30.9. The molecule has 1 N–H and O–H groups in total. The molecule has 0 radical (unpaired) electrons. The van der Waals surface area contributed by atoms with Gasteiger partial charge in [-0.1, -0.05) is 41.4 Å². The van der Waals surface area contributed by atoms with E-state index in [0.717, 1.165) is 16.1 Å². The Balaban J connectivity index is 2.00. The quantitative estimate of drug-likeness (QED) is 0.602. The van der Waals surface area contributed by atoms with Crippen LogP contribution in [0, 0.1) is 0 Å². The van der Waals surface area contributed by atoms with Gasteiger partial charge < -0.3 is 10.1 Å². The fourth-order valence-corrected chi connectivity index (χ4v) is 4.35. The third-order valence-corrected chi connectivity index (χ3v) is 6.06. The molecule has 0 saturated carbocycles. The second-order valence-electron chi connectivity index (χ2n) is 6.57. The van der Waals surface area contributed by atoms with Gasteiger partial charge in [0.05, 0.1) is 30.1 Å². The number of ether oxygens (including phenoxy) is 1. The fourth-order valence-electron chi connectivity index (χ4n) is 2.94. The molecule has 0 spiro atoms. The van der Waals surface area contributed by atoms with E-state index in [1.165, 1.54) is 6.07 Å². The van der Waals surface area contributed by atoms with Gasteiger partial charge in [-0.15, -0.1) is 0 Å². The average Bonchev–Trinajstić information content (AvgIpc) is 2.66. The maximum atomic E-state index is 12.3. The Morgan fingerprint density at radius 1 is 1.21 bits per heavy atom. The molecule has 0 saturated heterocycles. The van der Waals surface area contributed by atoms with Gasteiger partial charge in [0.25, 0.3) is 0 Å². The van der Waals surface area contributed by atoms with Gasteiger partial charge in [0.1, 0.15) is 5.75 Å². The first-order valence-corrected chi connectivity index (χ1v) is 11.6. The van der Waals surface area contributed by atoms with Crippen LogP contribution >= 0.6 is 23.2 Å². The summed E-state index contributed by atoms with van der Waals surface area (Å²) in [7, 11) is -2.01. The van der Waals surface area contributed by atoms with E-state index in [4.69, 9.17) is 27.9 Å². The second kappa shape index (κ2) is 10.2. The standard InChI is InChI=1S/C20H24Cl2N2O4S/c1-14(16-7-4-5-8-19(16)28-2)23-20(25)9-6-12-24(29(3,26)27)18-13-15(21)10-11-17(18)22/h4-5,7-8,10-11,13-14H,6,9,12H2,1-3H3,(H,23,25)/t14-/m1/s1. The van der Waals surface area contributed by atoms with Crippen LogP contribution in [0.3, 0.4) is 0 Å². The molecule has 158 valence electrons. The average molecular weight is 459 g/mol. The van der Waals surface area contributed by atoms with Crippen molar-refractivity contribution in [2.75, 3.05) is 24.2 Å². The van der Waals surface area contributed by atoms with Gasteiger partial charge in [0.2, 0.25) is 15.9 Å². The van der Waals surface area contributed by atoms with E-state index in [-0.39, 0.29) is 29.9 Å². The molecule has 0 aromatic heterocycles. The van der Waals surface area contributed by atoms with Crippen LogP contribution in [0.25, 0.3) is 0 Å². The number of hydrogen-bond acceptors (Lipinski definition) is 4. The molecule has 2 aromatic carbocycles. The SMILES string of the molecule is COc1ccccc1[C@@H](C)NC(=O)CCCN(c1cc(Cl)ccc1Cl)S(C)(=O)=O. The van der Waals surface area contributed by atoms with Crippen molar-refractivity contribution in [3.05, 3.63) is 58.1 Å². The summed E-state index contributed by atoms with van der Waals surface area (Å²) >= 11 is 12.1. The van der Waals surface area contributed by atoms with Crippen LogP contribution in [0.1, 0.15) is 31.4 Å². The van der Waals surface area contributed by atoms with Crippen molar-refractivity contribution >= 4 is 44.8 Å². The summed E-state index contributed by atoms with van der Waals surface area (Å²) in [5.74, 6) is 0.508. The number of carbonyl (C=O) groups is 1. The Bertz CT molecular complexity index is 967. The van der Waals surface area contributed by atoms with Crippen LogP contribution in [-0.4, -0.2) is 34.2 Å². The van der Waals surface area contributed by atoms with Gasteiger partial charge in [-0.2, -0.15) is 0 Å². The Labute approximate surface area is 181 Å². The first-order chi connectivity index (χ1) is 13.6. The highest BCUT2D eigenvalue weighted by molar-refractivity contribution is 7.92. The topological polar surface area (TPSA) is 75.7 Å². The van der Waals surface area contributed by atoms with Crippen molar-refractivity contribution in [3.8, 4) is 5.75 Å². The zero-order valence-electron chi connectivity index (χ0n) is 16.5. The largest absolute Gasteiger partial charge is 0.496 e. The zero-order chi connectivity index (χ0) is 21.6. The van der Waals surface area contributed by atoms with Crippen LogP contribution in [0.2, 0.25) is 10.0 Å². The number of sulfonamides is 1. The number of para-hydroxylation sites is 1. The number of halogens is 2. The lowest BCUT2D eigenvalue weighted by molar-refractivity contribution is -0.121. The van der Waals surface area contributed by atoms with Crippen molar-refractivity contribution in [2.24, 2.45) is 0 Å². The van der Waals surface area contributed by atoms with Gasteiger partial charge in [0, 0.05) is 23.6 Å². The molecular weight excluding hydrogens is 435 g/mol. The molecule has 2 rings (SSSR count). The molecule has 29 heavy (non-hydrogen) atoms. The summed E-state index contributed by atoms with van der Waals surface area (Å²) in [4.78, 5) is 12.3. The number of benzene rings is 2. The molecule has 1 atom stereocenters. The lowest BCUT2D eigenvalue weighted by Crippen LogP contribution is -2.32. The lowest BCUT2D eigenvalue weighted by Gasteiger charge is -2.24. The van der Waals surface area contributed by atoms with Crippen molar-refractivity contribution in [2.45, 2.75) is 25.8 Å². The van der Waals surface area contributed by atoms with Crippen molar-refractivity contribution in [3.63, 3.8) is 0 Å². The summed E-state index contributed by atoms with van der Waals surface area (Å²) in [5.41, 5.74) is 1.16. The number of hydrogen-bond donors (Lipinski definition) is 1. The number of carbonyl (C=O) groups excluding carboxylic acids is 1. The monoisotopic (exact) mass is 458 g/mol. The number of methoxy groups -OCH3 is 1. The molecule has 0 heterocycles. The van der Waals surface area contributed by atoms with E-state index in [0.29, 0.717) is 22.9 Å². The first-order valence-electron chi connectivity index (χ1n) is 8.98. The van der Waals surface area contributed by atoms with Crippen LogP contribution in [0.4, 0.5) is 5.69 Å². The van der Waals surface area contributed by atoms with Crippen molar-refractivity contribution in [1.82, 2.24) is 5.32 Å². The third-order valence-electron chi connectivity index (χ3n) is 4.33. The molecule has 0 fully saturated rings. The highest BCUT2D eigenvalue weighted by atomic mass is 35.5. The van der Waals surface area contributed by atoms with Gasteiger partial charge in [-0.3, -0.25) is 9.10 Å². The van der Waals surface area contributed by atoms with E-state index in [2.05, 4.69) is 5.32 Å². The molecule has 0 aliphatic heterocycles. The molecule has 0 aliphatic rings. The molecule has 6 nitrogen and oxygen atoms in total. The highest BCUT2D eigenvalue weighted by Gasteiger charge is 2.21. The Hall–Kier alpha value is -1.96. The Kier molecular flexibility index (Phi) is 8.19. The predicted octanol–water partition coefficient (Wildman–Crippen LogP) is 4.43. The smallest absolute Gasteiger partial charge is 0.232 e. The number of nitrogens with one attached hydrogen (secondary N) is 1. The van der Waals surface area contributed by atoms with Crippen LogP contribution in [0.5, 0.6) is 5.75 Å². The maximum absolute atomic E-state index is 12.3. The third kappa shape index (κ3) is 6.52. The summed E-state index contributed by atoms with van der Waals surface area (Å²) in [6, 6.07) is 11.8. The minimum absolute atomic E-state index is 0.107. The Morgan fingerprint density at radius 2 is 1.90 bits per heavy atom. The van der Waals surface area contributed by atoms with Gasteiger partial charge in [0.15, 0.2) is 0 Å².